The van der Waals surface area contributed by atoms with Gasteiger partial charge >= 0.3 is 11.7 Å². The normalized spacial score (nSPS) is 18.3. The SMILES string of the molecule is COc1cc(N2CCCC(CC(=O)O)C2)ccc1[N+](=O)[O-]. The number of aliphatic carboxylic acids is 1. The van der Waals surface area contributed by atoms with Crippen LogP contribution in [0.2, 0.25) is 0 Å². The van der Waals surface area contributed by atoms with Gasteiger partial charge in [0.1, 0.15) is 0 Å². The van der Waals surface area contributed by atoms with Gasteiger partial charge in [-0.1, -0.05) is 0 Å². The lowest BCUT2D eigenvalue weighted by atomic mass is 9.94. The number of hydrogen-bond acceptors (Lipinski definition) is 5. The van der Waals surface area contributed by atoms with Gasteiger partial charge in [-0.05, 0) is 24.8 Å². The number of carbonyl (C=O) groups is 1. The van der Waals surface area contributed by atoms with E-state index in [9.17, 15) is 14.9 Å². The van der Waals surface area contributed by atoms with E-state index in [-0.39, 0.29) is 23.8 Å². The molecule has 1 aromatic carbocycles. The molecule has 0 amide bonds. The Labute approximate surface area is 122 Å². The smallest absolute Gasteiger partial charge is 0.311 e. The molecule has 1 aliphatic heterocycles. The molecule has 7 nitrogen and oxygen atoms in total. The van der Waals surface area contributed by atoms with Crippen LogP contribution in [0.3, 0.4) is 0 Å². The zero-order chi connectivity index (χ0) is 15.4. The molecule has 1 fully saturated rings. The molecular weight excluding hydrogens is 276 g/mol. The van der Waals surface area contributed by atoms with Crippen molar-refractivity contribution in [3.8, 4) is 5.75 Å². The maximum absolute atomic E-state index is 10.9. The Bertz CT molecular complexity index is 546. The van der Waals surface area contributed by atoms with Crippen LogP contribution in [-0.2, 0) is 4.79 Å². The fourth-order valence-electron chi connectivity index (χ4n) is 2.73. The molecule has 0 aromatic heterocycles. The third-order valence-corrected chi connectivity index (χ3v) is 3.71. The molecule has 0 bridgehead atoms. The highest BCUT2D eigenvalue weighted by atomic mass is 16.6. The summed E-state index contributed by atoms with van der Waals surface area (Å²) in [6, 6.07) is 4.75. The molecule has 0 radical (unpaired) electrons. The quantitative estimate of drug-likeness (QED) is 0.661. The summed E-state index contributed by atoms with van der Waals surface area (Å²) in [7, 11) is 1.40. The van der Waals surface area contributed by atoms with Gasteiger partial charge in [0, 0.05) is 37.3 Å². The first-order chi connectivity index (χ1) is 10.0. The number of anilines is 1. The van der Waals surface area contributed by atoms with Crippen molar-refractivity contribution in [1.29, 1.82) is 0 Å². The van der Waals surface area contributed by atoms with Crippen molar-refractivity contribution in [2.24, 2.45) is 5.92 Å². The third kappa shape index (κ3) is 3.62. The maximum atomic E-state index is 10.9. The minimum atomic E-state index is -0.789. The van der Waals surface area contributed by atoms with Crippen molar-refractivity contribution in [3.63, 3.8) is 0 Å². The van der Waals surface area contributed by atoms with E-state index in [1.807, 2.05) is 0 Å². The number of nitro benzene ring substituents is 1. The van der Waals surface area contributed by atoms with E-state index in [1.54, 1.807) is 12.1 Å². The maximum Gasteiger partial charge on any atom is 0.311 e. The largest absolute Gasteiger partial charge is 0.490 e. The second kappa shape index (κ2) is 6.43. The van der Waals surface area contributed by atoms with Crippen LogP contribution in [0.1, 0.15) is 19.3 Å². The average Bonchev–Trinajstić information content (AvgIpc) is 2.46. The molecule has 0 saturated carbocycles. The number of benzene rings is 1. The van der Waals surface area contributed by atoms with E-state index in [0.717, 1.165) is 25.1 Å². The van der Waals surface area contributed by atoms with Crippen molar-refractivity contribution in [2.75, 3.05) is 25.1 Å². The summed E-state index contributed by atoms with van der Waals surface area (Å²) < 4.78 is 5.07. The number of methoxy groups -OCH3 is 1. The minimum absolute atomic E-state index is 0.0691. The number of carboxylic acids is 1. The first-order valence-electron chi connectivity index (χ1n) is 6.80. The summed E-state index contributed by atoms with van der Waals surface area (Å²) in [6.07, 6.45) is 1.96. The molecule has 1 aliphatic rings. The average molecular weight is 294 g/mol. The second-order valence-corrected chi connectivity index (χ2v) is 5.17. The lowest BCUT2D eigenvalue weighted by Crippen LogP contribution is -2.36. The van der Waals surface area contributed by atoms with Crippen molar-refractivity contribution < 1.29 is 19.6 Å². The summed E-state index contributed by atoms with van der Waals surface area (Å²) in [5.41, 5.74) is 0.757. The van der Waals surface area contributed by atoms with E-state index in [4.69, 9.17) is 9.84 Å². The standard InChI is InChI=1S/C14H18N2O5/c1-21-13-8-11(4-5-12(13)16(19)20)15-6-2-3-10(9-15)7-14(17)18/h4-5,8,10H,2-3,6-7,9H2,1H3,(H,17,18). The van der Waals surface area contributed by atoms with Crippen molar-refractivity contribution in [1.82, 2.24) is 0 Å². The first kappa shape index (κ1) is 15.1. The molecule has 21 heavy (non-hydrogen) atoms. The summed E-state index contributed by atoms with van der Waals surface area (Å²) in [6.45, 7) is 1.46. The van der Waals surface area contributed by atoms with E-state index in [2.05, 4.69) is 4.90 Å². The number of nitrogens with zero attached hydrogens (tertiary/aromatic N) is 2. The van der Waals surface area contributed by atoms with Gasteiger partial charge < -0.3 is 14.7 Å². The van der Waals surface area contributed by atoms with Gasteiger partial charge in [0.15, 0.2) is 5.75 Å². The Morgan fingerprint density at radius 1 is 1.57 bits per heavy atom. The summed E-state index contributed by atoms with van der Waals surface area (Å²) in [4.78, 5) is 23.3. The molecule has 1 saturated heterocycles. The van der Waals surface area contributed by atoms with Crippen LogP contribution in [0.5, 0.6) is 5.75 Å². The van der Waals surface area contributed by atoms with E-state index < -0.39 is 10.9 Å². The monoisotopic (exact) mass is 294 g/mol. The Hall–Kier alpha value is -2.31. The Morgan fingerprint density at radius 2 is 2.33 bits per heavy atom. The van der Waals surface area contributed by atoms with Crippen molar-refractivity contribution in [2.45, 2.75) is 19.3 Å². The molecule has 114 valence electrons. The highest BCUT2D eigenvalue weighted by Crippen LogP contribution is 2.33. The van der Waals surface area contributed by atoms with E-state index in [1.165, 1.54) is 13.2 Å². The van der Waals surface area contributed by atoms with Gasteiger partial charge in [-0.2, -0.15) is 0 Å². The zero-order valence-electron chi connectivity index (χ0n) is 11.8. The fourth-order valence-corrected chi connectivity index (χ4v) is 2.73. The number of hydrogen-bond donors (Lipinski definition) is 1. The van der Waals surface area contributed by atoms with Gasteiger partial charge in [-0.25, -0.2) is 0 Å². The van der Waals surface area contributed by atoms with Gasteiger partial charge in [-0.3, -0.25) is 14.9 Å². The Kier molecular flexibility index (Phi) is 4.62. The van der Waals surface area contributed by atoms with Gasteiger partial charge in [-0.15, -0.1) is 0 Å². The number of carboxylic acid groups (broad SMARTS) is 1. The number of piperidine rings is 1. The fraction of sp³-hybridized carbons (Fsp3) is 0.500. The third-order valence-electron chi connectivity index (χ3n) is 3.71. The minimum Gasteiger partial charge on any atom is -0.490 e. The number of ether oxygens (including phenoxy) is 1. The van der Waals surface area contributed by atoms with E-state index >= 15 is 0 Å². The van der Waals surface area contributed by atoms with Gasteiger partial charge in [0.25, 0.3) is 0 Å². The first-order valence-corrected chi connectivity index (χ1v) is 6.80. The molecule has 7 heteroatoms. The molecule has 2 rings (SSSR count). The highest BCUT2D eigenvalue weighted by molar-refractivity contribution is 5.67. The number of nitro groups is 1. The summed E-state index contributed by atoms with van der Waals surface area (Å²) in [5, 5.41) is 19.8. The Balaban J connectivity index is 2.17. The van der Waals surface area contributed by atoms with Crippen molar-refractivity contribution >= 4 is 17.3 Å². The lowest BCUT2D eigenvalue weighted by Gasteiger charge is -2.34. The topological polar surface area (TPSA) is 92.9 Å². The summed E-state index contributed by atoms with van der Waals surface area (Å²) >= 11 is 0. The molecule has 1 unspecified atom stereocenters. The molecule has 0 spiro atoms. The highest BCUT2D eigenvalue weighted by Gasteiger charge is 2.24. The predicted octanol–water partition coefficient (Wildman–Crippen LogP) is 2.29. The van der Waals surface area contributed by atoms with Gasteiger partial charge in [0.2, 0.25) is 0 Å². The zero-order valence-corrected chi connectivity index (χ0v) is 11.8. The van der Waals surface area contributed by atoms with Crippen LogP contribution in [0.4, 0.5) is 11.4 Å². The van der Waals surface area contributed by atoms with Crippen LogP contribution in [0.15, 0.2) is 18.2 Å². The molecule has 1 atom stereocenters. The molecule has 1 aromatic rings. The van der Waals surface area contributed by atoms with Crippen LogP contribution >= 0.6 is 0 Å². The Morgan fingerprint density at radius 3 is 2.95 bits per heavy atom. The lowest BCUT2D eigenvalue weighted by molar-refractivity contribution is -0.385. The molecule has 0 aliphatic carbocycles. The van der Waals surface area contributed by atoms with Crippen molar-refractivity contribution in [3.05, 3.63) is 28.3 Å². The van der Waals surface area contributed by atoms with Crippen LogP contribution in [-0.4, -0.2) is 36.2 Å². The molecule has 1 N–H and O–H groups in total. The van der Waals surface area contributed by atoms with Crippen LogP contribution in [0, 0.1) is 16.0 Å². The van der Waals surface area contributed by atoms with Gasteiger partial charge in [0.05, 0.1) is 12.0 Å². The van der Waals surface area contributed by atoms with E-state index in [0.29, 0.717) is 6.54 Å². The predicted molar refractivity (Wildman–Crippen MR) is 76.8 cm³/mol. The second-order valence-electron chi connectivity index (χ2n) is 5.17. The summed E-state index contributed by atoms with van der Waals surface area (Å²) in [5.74, 6) is -0.460. The van der Waals surface area contributed by atoms with Crippen LogP contribution in [0.25, 0.3) is 0 Å². The molecule has 1 heterocycles. The van der Waals surface area contributed by atoms with Crippen LogP contribution < -0.4 is 9.64 Å². The number of rotatable bonds is 5. The molecular formula is C14H18N2O5.